The lowest BCUT2D eigenvalue weighted by Crippen LogP contribution is -2.12. The number of sulfonamides is 1. The van der Waals surface area contributed by atoms with Gasteiger partial charge >= 0.3 is 5.97 Å². The van der Waals surface area contributed by atoms with Crippen LogP contribution in [0.25, 0.3) is 11.0 Å². The van der Waals surface area contributed by atoms with Crippen LogP contribution in [-0.4, -0.2) is 21.0 Å². The smallest absolute Gasteiger partial charge is 0.342 e. The van der Waals surface area contributed by atoms with E-state index in [2.05, 4.69) is 4.72 Å². The van der Waals surface area contributed by atoms with Crippen LogP contribution in [0.1, 0.15) is 35.9 Å². The average molecular weight is 422 g/mol. The highest BCUT2D eigenvalue weighted by atomic mass is 35.5. The molecular weight excluding hydrogens is 402 g/mol. The van der Waals surface area contributed by atoms with Gasteiger partial charge in [0.05, 0.1) is 11.5 Å². The zero-order valence-corrected chi connectivity index (χ0v) is 17.1. The number of nitrogens with one attached hydrogen (secondary N) is 1. The molecule has 0 radical (unpaired) electrons. The van der Waals surface area contributed by atoms with Crippen LogP contribution in [0.2, 0.25) is 5.02 Å². The van der Waals surface area contributed by atoms with Crippen molar-refractivity contribution in [2.45, 2.75) is 31.6 Å². The molecule has 0 spiro atoms. The van der Waals surface area contributed by atoms with Gasteiger partial charge in [0.25, 0.3) is 10.0 Å². The minimum atomic E-state index is -3.80. The number of aryl methyl sites for hydroxylation is 1. The van der Waals surface area contributed by atoms with Crippen molar-refractivity contribution in [1.82, 2.24) is 0 Å². The fourth-order valence-electron chi connectivity index (χ4n) is 2.75. The molecule has 0 bridgehead atoms. The number of fused-ring (bicyclic) bond motifs is 1. The molecule has 148 valence electrons. The molecule has 0 aliphatic rings. The first kappa shape index (κ1) is 20.2. The minimum Gasteiger partial charge on any atom is -0.462 e. The Kier molecular flexibility index (Phi) is 5.96. The van der Waals surface area contributed by atoms with Crippen LogP contribution in [-0.2, 0) is 14.8 Å². The second-order valence-corrected chi connectivity index (χ2v) is 8.41. The molecule has 0 fully saturated rings. The van der Waals surface area contributed by atoms with Gasteiger partial charge in [0.1, 0.15) is 16.9 Å². The highest BCUT2D eigenvalue weighted by Gasteiger charge is 2.21. The van der Waals surface area contributed by atoms with Crippen molar-refractivity contribution in [3.63, 3.8) is 0 Å². The first-order valence-electron chi connectivity index (χ1n) is 8.80. The van der Waals surface area contributed by atoms with Crippen LogP contribution >= 0.6 is 11.6 Å². The number of unbranched alkanes of at least 4 members (excludes halogenated alkanes) is 1. The van der Waals surface area contributed by atoms with E-state index in [1.165, 1.54) is 24.3 Å². The van der Waals surface area contributed by atoms with Crippen molar-refractivity contribution >= 4 is 44.3 Å². The Morgan fingerprint density at radius 3 is 2.57 bits per heavy atom. The van der Waals surface area contributed by atoms with E-state index < -0.39 is 16.0 Å². The number of hydrogen-bond acceptors (Lipinski definition) is 5. The van der Waals surface area contributed by atoms with Crippen LogP contribution in [0.15, 0.2) is 51.8 Å². The molecule has 3 rings (SSSR count). The molecule has 0 aliphatic carbocycles. The fourth-order valence-corrected chi connectivity index (χ4v) is 3.92. The number of furan rings is 1. The molecule has 0 atom stereocenters. The summed E-state index contributed by atoms with van der Waals surface area (Å²) in [4.78, 5) is 12.5. The van der Waals surface area contributed by atoms with Crippen molar-refractivity contribution in [3.05, 3.63) is 58.8 Å². The Labute approximate surface area is 168 Å². The first-order valence-corrected chi connectivity index (χ1v) is 10.7. The lowest BCUT2D eigenvalue weighted by Gasteiger charge is -2.08. The quantitative estimate of drug-likeness (QED) is 0.421. The lowest BCUT2D eigenvalue weighted by atomic mass is 10.1. The molecule has 8 heteroatoms. The van der Waals surface area contributed by atoms with E-state index >= 15 is 0 Å². The highest BCUT2D eigenvalue weighted by molar-refractivity contribution is 7.92. The summed E-state index contributed by atoms with van der Waals surface area (Å²) in [6.45, 7) is 4.00. The molecule has 28 heavy (non-hydrogen) atoms. The summed E-state index contributed by atoms with van der Waals surface area (Å²) in [6.07, 6.45) is 1.68. The van der Waals surface area contributed by atoms with Crippen molar-refractivity contribution in [2.75, 3.05) is 11.3 Å². The third kappa shape index (κ3) is 4.31. The van der Waals surface area contributed by atoms with E-state index in [0.717, 1.165) is 12.8 Å². The SMILES string of the molecule is CCCCOC(=O)c1c(C)oc2ccc(NS(=O)(=O)c3ccc(Cl)cc3)cc12. The van der Waals surface area contributed by atoms with Crippen LogP contribution in [0.5, 0.6) is 0 Å². The van der Waals surface area contributed by atoms with E-state index in [4.69, 9.17) is 20.8 Å². The Hall–Kier alpha value is -2.51. The Bertz CT molecular complexity index is 1100. The summed E-state index contributed by atoms with van der Waals surface area (Å²) in [5.41, 5.74) is 1.10. The van der Waals surface area contributed by atoms with Crippen LogP contribution in [0, 0.1) is 6.92 Å². The predicted molar refractivity (Wildman–Crippen MR) is 108 cm³/mol. The molecule has 0 saturated carbocycles. The number of ether oxygens (including phenoxy) is 1. The van der Waals surface area contributed by atoms with Gasteiger partial charge in [0, 0.05) is 16.1 Å². The zero-order valence-electron chi connectivity index (χ0n) is 15.5. The van der Waals surface area contributed by atoms with E-state index in [0.29, 0.717) is 39.6 Å². The van der Waals surface area contributed by atoms with E-state index in [9.17, 15) is 13.2 Å². The summed E-state index contributed by atoms with van der Waals surface area (Å²) >= 11 is 5.81. The zero-order chi connectivity index (χ0) is 20.3. The fraction of sp³-hybridized carbons (Fsp3) is 0.250. The number of esters is 1. The number of carbonyl (C=O) groups excluding carboxylic acids is 1. The first-order chi connectivity index (χ1) is 13.3. The van der Waals surface area contributed by atoms with Gasteiger partial charge in [0.15, 0.2) is 0 Å². The van der Waals surface area contributed by atoms with Gasteiger partial charge in [-0.05, 0) is 55.8 Å². The van der Waals surface area contributed by atoms with Gasteiger partial charge in [-0.1, -0.05) is 24.9 Å². The summed E-state index contributed by atoms with van der Waals surface area (Å²) in [7, 11) is -3.80. The average Bonchev–Trinajstić information content (AvgIpc) is 2.97. The third-order valence-electron chi connectivity index (χ3n) is 4.18. The molecular formula is C20H20ClNO5S. The van der Waals surface area contributed by atoms with E-state index in [1.54, 1.807) is 25.1 Å². The molecule has 0 aliphatic heterocycles. The normalized spacial score (nSPS) is 11.5. The Balaban J connectivity index is 1.92. The van der Waals surface area contributed by atoms with Gasteiger partial charge in [-0.3, -0.25) is 4.72 Å². The molecule has 1 N–H and O–H groups in total. The van der Waals surface area contributed by atoms with Gasteiger partial charge in [-0.15, -0.1) is 0 Å². The summed E-state index contributed by atoms with van der Waals surface area (Å²) in [5, 5.41) is 0.941. The van der Waals surface area contributed by atoms with Gasteiger partial charge in [-0.2, -0.15) is 0 Å². The number of halogens is 1. The summed E-state index contributed by atoms with van der Waals surface area (Å²) in [5.74, 6) is -0.0587. The molecule has 0 saturated heterocycles. The molecule has 6 nitrogen and oxygen atoms in total. The van der Waals surface area contributed by atoms with Gasteiger partial charge < -0.3 is 9.15 Å². The van der Waals surface area contributed by atoms with Crippen LogP contribution in [0.4, 0.5) is 5.69 Å². The molecule has 1 aromatic heterocycles. The Morgan fingerprint density at radius 1 is 1.18 bits per heavy atom. The molecule has 3 aromatic rings. The molecule has 2 aromatic carbocycles. The monoisotopic (exact) mass is 421 g/mol. The topological polar surface area (TPSA) is 85.6 Å². The summed E-state index contributed by atoms with van der Waals surface area (Å²) in [6, 6.07) is 10.6. The van der Waals surface area contributed by atoms with Crippen molar-refractivity contribution in [1.29, 1.82) is 0 Å². The van der Waals surface area contributed by atoms with E-state index in [-0.39, 0.29) is 4.90 Å². The maximum atomic E-state index is 12.6. The molecule has 1 heterocycles. The third-order valence-corrected chi connectivity index (χ3v) is 5.82. The lowest BCUT2D eigenvalue weighted by molar-refractivity contribution is 0.0500. The maximum absolute atomic E-state index is 12.6. The highest BCUT2D eigenvalue weighted by Crippen LogP contribution is 2.30. The molecule has 0 amide bonds. The van der Waals surface area contributed by atoms with Gasteiger partial charge in [0.2, 0.25) is 0 Å². The largest absolute Gasteiger partial charge is 0.462 e. The number of carbonyl (C=O) groups is 1. The predicted octanol–water partition coefficient (Wildman–Crippen LogP) is 5.15. The van der Waals surface area contributed by atoms with Gasteiger partial charge in [-0.25, -0.2) is 13.2 Å². The molecule has 0 unspecified atom stereocenters. The number of benzene rings is 2. The number of hydrogen-bond donors (Lipinski definition) is 1. The number of anilines is 1. The van der Waals surface area contributed by atoms with Crippen molar-refractivity contribution in [3.8, 4) is 0 Å². The standard InChI is InChI=1S/C20H20ClNO5S/c1-3-4-11-26-20(23)19-13(2)27-18-10-7-15(12-17(18)19)22-28(24,25)16-8-5-14(21)6-9-16/h5-10,12,22H,3-4,11H2,1-2H3. The maximum Gasteiger partial charge on any atom is 0.342 e. The second kappa shape index (κ2) is 8.24. The minimum absolute atomic E-state index is 0.0829. The van der Waals surface area contributed by atoms with Crippen LogP contribution < -0.4 is 4.72 Å². The van der Waals surface area contributed by atoms with Crippen molar-refractivity contribution in [2.24, 2.45) is 0 Å². The van der Waals surface area contributed by atoms with Crippen molar-refractivity contribution < 1.29 is 22.4 Å². The second-order valence-electron chi connectivity index (χ2n) is 6.29. The van der Waals surface area contributed by atoms with E-state index in [1.807, 2.05) is 6.92 Å². The Morgan fingerprint density at radius 2 is 1.89 bits per heavy atom. The van der Waals surface area contributed by atoms with Crippen LogP contribution in [0.3, 0.4) is 0 Å². The summed E-state index contributed by atoms with van der Waals surface area (Å²) < 4.78 is 38.6. The number of rotatable bonds is 7.